The Morgan fingerprint density at radius 1 is 0.402 bits per heavy atom. The van der Waals surface area contributed by atoms with Gasteiger partial charge >= 0.3 is 11.9 Å². The number of nitrogens with two attached hydrogens (primary N) is 1. The second kappa shape index (κ2) is 26.9. The van der Waals surface area contributed by atoms with Crippen LogP contribution < -0.4 is 5.73 Å². The highest BCUT2D eigenvalue weighted by Crippen LogP contribution is 2.53. The summed E-state index contributed by atoms with van der Waals surface area (Å²) in [5, 5.41) is 117. The number of nitrogens with zero attached hydrogens (tertiary/aromatic N) is 8. The second-order valence-corrected chi connectivity index (χ2v) is 26.5. The van der Waals surface area contributed by atoms with E-state index in [1.54, 1.807) is 0 Å². The molecule has 0 saturated heterocycles. The van der Waals surface area contributed by atoms with E-state index in [9.17, 15) is 100.0 Å². The molecule has 0 bridgehead atoms. The van der Waals surface area contributed by atoms with Gasteiger partial charge in [0, 0.05) is 31.8 Å². The third-order valence-electron chi connectivity index (χ3n) is 11.9. The van der Waals surface area contributed by atoms with Crippen molar-refractivity contribution in [2.24, 2.45) is 40.9 Å². The first-order valence-electron chi connectivity index (χ1n) is 23.0. The molecule has 40 nitrogen and oxygen atoms in total. The van der Waals surface area contributed by atoms with Gasteiger partial charge in [-0.3, -0.25) is 22.8 Å². The molecule has 0 unspecified atom stereocenters. The van der Waals surface area contributed by atoms with Crippen LogP contribution in [0, 0.1) is 0 Å². The molecule has 0 heterocycles. The molecule has 0 aliphatic heterocycles. The van der Waals surface area contributed by atoms with Crippen molar-refractivity contribution in [3.63, 3.8) is 0 Å². The maximum absolute atomic E-state index is 13.3. The van der Waals surface area contributed by atoms with E-state index in [0.29, 0.717) is 48.4 Å². The highest BCUT2D eigenvalue weighted by atomic mass is 32.2. The van der Waals surface area contributed by atoms with E-state index in [-0.39, 0.29) is 34.7 Å². The van der Waals surface area contributed by atoms with E-state index >= 15 is 0 Å². The Labute approximate surface area is 522 Å². The van der Waals surface area contributed by atoms with Crippen molar-refractivity contribution in [3.05, 3.63) is 96.1 Å². The number of carbonyl (C=O) groups is 2. The Morgan fingerprint density at radius 3 is 1.30 bits per heavy atom. The summed E-state index contributed by atoms with van der Waals surface area (Å²) in [7, 11) is -27.6. The molecule has 0 aliphatic carbocycles. The fourth-order valence-electron chi connectivity index (χ4n) is 8.22. The van der Waals surface area contributed by atoms with Gasteiger partial charge in [-0.15, -0.1) is 53.9 Å². The van der Waals surface area contributed by atoms with Crippen LogP contribution >= 0.6 is 36.1 Å². The lowest BCUT2D eigenvalue weighted by atomic mass is 10.0. The summed E-state index contributed by atoms with van der Waals surface area (Å²) in [5.41, 5.74) is -2.75. The Balaban J connectivity index is 1.28. The molecule has 0 aromatic heterocycles. The largest absolute Gasteiger partial charge is 0.505 e. The van der Waals surface area contributed by atoms with Gasteiger partial charge in [-0.1, -0.05) is 15.1 Å². The van der Waals surface area contributed by atoms with E-state index in [1.807, 2.05) is 0 Å². The van der Waals surface area contributed by atoms with Gasteiger partial charge in [0.2, 0.25) is 0 Å². The van der Waals surface area contributed by atoms with Gasteiger partial charge in [0.15, 0.2) is 17.2 Å². The van der Waals surface area contributed by atoms with Crippen molar-refractivity contribution in [1.82, 2.24) is 0 Å². The number of rotatable bonds is 24. The molecule has 0 aliphatic rings. The molecular formula is C44H29N9O31S8. The van der Waals surface area contributed by atoms with Crippen LogP contribution in [0.1, 0.15) is 20.7 Å². The van der Waals surface area contributed by atoms with Crippen LogP contribution in [0.2, 0.25) is 0 Å². The topological polar surface area (TPSA) is 648 Å². The maximum Gasteiger partial charge on any atom is 0.338 e. The fourth-order valence-corrected chi connectivity index (χ4v) is 13.1. The van der Waals surface area contributed by atoms with Gasteiger partial charge in [0.05, 0.1) is 73.0 Å². The van der Waals surface area contributed by atoms with E-state index < -0.39 is 203 Å². The Kier molecular flexibility index (Phi) is 20.2. The average Bonchev–Trinajstić information content (AvgIpc) is 0.757. The van der Waals surface area contributed by atoms with Gasteiger partial charge in [-0.2, -0.15) is 42.1 Å². The first kappa shape index (κ1) is 69.2. The number of aromatic carboxylic acids is 2. The number of aromatic hydroxyl groups is 3. The van der Waals surface area contributed by atoms with Crippen molar-refractivity contribution < 1.29 is 144 Å². The number of carboxylic acids is 2. The van der Waals surface area contributed by atoms with Crippen molar-refractivity contribution >= 4 is 182 Å². The van der Waals surface area contributed by atoms with E-state index in [4.69, 9.17) is 21.5 Å². The maximum atomic E-state index is 13.3. The number of hydrogen-bond donors (Lipinski definition) is 14. The number of hydrogen-bond acceptors (Lipinski definition) is 36. The predicted molar refractivity (Wildman–Crippen MR) is 306 cm³/mol. The SMILES string of the molecule is Nc1c(N=Nc2ccc3c(O)c(N=Nc4ccc(S(=O)(=O)O)cc4C(=O)O)c(S(=O)(=O)O)cc3c2S(=O)(=O)O)cc(S(=O)(=O)O)c2cc(SOOO)c(N=Nc3ccc4c(O)c(N=Nc5ccc(SOOO)cc5C(=O)O)c(SOOO)cc4c3S(=O)(=O)O)c(O)c12. The van der Waals surface area contributed by atoms with Crippen LogP contribution in [0.25, 0.3) is 32.3 Å². The van der Waals surface area contributed by atoms with Gasteiger partial charge in [-0.05, 0) is 84.9 Å². The normalized spacial score (nSPS) is 12.9. The summed E-state index contributed by atoms with van der Waals surface area (Å²) in [6, 6.07) is 10.6. The first-order valence-corrected chi connectivity index (χ1v) is 32.4. The van der Waals surface area contributed by atoms with Crippen molar-refractivity contribution in [3.8, 4) is 17.2 Å². The zero-order valence-corrected chi connectivity index (χ0v) is 50.2. The Bertz CT molecular complexity index is 5180. The molecule has 48 heteroatoms. The fraction of sp³-hybridized carbons (Fsp3) is 0. The monoisotopic (exact) mass is 1430 g/mol. The third-order valence-corrected chi connectivity index (χ3v) is 18.2. The molecule has 0 amide bonds. The Hall–Kier alpha value is -8.68. The zero-order chi connectivity index (χ0) is 67.7. The molecule has 92 heavy (non-hydrogen) atoms. The van der Waals surface area contributed by atoms with Crippen LogP contribution in [0.15, 0.2) is 165 Å². The summed E-state index contributed by atoms with van der Waals surface area (Å²) in [6.45, 7) is 0. The van der Waals surface area contributed by atoms with Crippen LogP contribution in [-0.2, 0) is 78.7 Å². The molecule has 0 fully saturated rings. The second-order valence-electron chi connectivity index (χ2n) is 17.3. The smallest absolute Gasteiger partial charge is 0.338 e. The summed E-state index contributed by atoms with van der Waals surface area (Å²) in [5.74, 6) is -7.07. The number of fused-ring (bicyclic) bond motifs is 3. The zero-order valence-electron chi connectivity index (χ0n) is 43.7. The van der Waals surface area contributed by atoms with E-state index in [1.165, 1.54) is 6.07 Å². The standard InChI is InChI=1S/C44H29N9O31S8/c45-34-28(50-48-26-7-4-18-20(42(26)92(76,77)78)13-32(90(70,71)72)37(39(18)55)53-47-25-6-2-16(88(64,65)66)10-22(25)44(59)60)14-31(89(67,68)69)23-12-30(87-84-81-63)36(40(56)33(23)34)52-49-27-8-3-17-19(41(27)91(73,74)75)11-29(86-83-80-62)35(38(17)54)51-46-24-5-1-15(85-82-79-61)9-21(24)43(57)58/h1-14,54-56,61-63H,45H2,(H,57,58)(H,59,60)(H,64,65,66)(H,67,68,69)(H,70,71,72)(H,73,74,75)(H,76,77,78). The number of phenolic OH excluding ortho intramolecular Hbond substituents is 3. The molecule has 15 N–H and O–H groups in total. The van der Waals surface area contributed by atoms with Crippen LogP contribution in [-0.4, -0.2) is 118 Å². The minimum absolute atomic E-state index is 0.0256. The van der Waals surface area contributed by atoms with Gasteiger partial charge in [-0.25, -0.2) is 25.4 Å². The van der Waals surface area contributed by atoms with Crippen molar-refractivity contribution in [2.75, 3.05) is 5.73 Å². The van der Waals surface area contributed by atoms with Gasteiger partial charge in [0.25, 0.3) is 50.6 Å². The lowest BCUT2D eigenvalue weighted by molar-refractivity contribution is -0.432. The molecule has 0 radical (unpaired) electrons. The lowest BCUT2D eigenvalue weighted by Gasteiger charge is -2.15. The molecule has 484 valence electrons. The first-order chi connectivity index (χ1) is 43.0. The van der Waals surface area contributed by atoms with Crippen LogP contribution in [0.4, 0.5) is 51.2 Å². The van der Waals surface area contributed by atoms with E-state index in [0.717, 1.165) is 42.5 Å². The van der Waals surface area contributed by atoms with Gasteiger partial charge in [0.1, 0.15) is 65.1 Å². The molecule has 8 rings (SSSR count). The highest BCUT2D eigenvalue weighted by molar-refractivity contribution is 7.95. The predicted octanol–water partition coefficient (Wildman–Crippen LogP) is 10.4. The quantitative estimate of drug-likeness (QED) is 0.00667. The summed E-state index contributed by atoms with van der Waals surface area (Å²) in [6.07, 6.45) is 0. The van der Waals surface area contributed by atoms with Crippen molar-refractivity contribution in [2.45, 2.75) is 39.2 Å². The highest BCUT2D eigenvalue weighted by Gasteiger charge is 2.31. The number of carboxylic acid groups (broad SMARTS) is 2. The molecule has 0 atom stereocenters. The van der Waals surface area contributed by atoms with Crippen LogP contribution in [0.3, 0.4) is 0 Å². The van der Waals surface area contributed by atoms with Gasteiger partial charge < -0.3 is 31.3 Å². The van der Waals surface area contributed by atoms with Crippen molar-refractivity contribution in [1.29, 1.82) is 0 Å². The molecule has 8 aromatic rings. The Morgan fingerprint density at radius 2 is 0.815 bits per heavy atom. The number of benzene rings is 8. The van der Waals surface area contributed by atoms with Crippen LogP contribution in [0.5, 0.6) is 17.2 Å². The molecule has 8 aromatic carbocycles. The molecule has 0 saturated carbocycles. The average molecular weight is 1440 g/mol. The minimum Gasteiger partial charge on any atom is -0.505 e. The van der Waals surface area contributed by atoms with E-state index in [2.05, 4.69) is 69.0 Å². The number of azo groups is 4. The molecule has 0 spiro atoms. The summed E-state index contributed by atoms with van der Waals surface area (Å²) in [4.78, 5) is 16.6. The number of phenols is 3. The number of anilines is 1. The molecular weight excluding hydrogens is 1410 g/mol. The lowest BCUT2D eigenvalue weighted by Crippen LogP contribution is -2.03. The minimum atomic E-state index is -5.75. The number of nitrogen functional groups attached to an aromatic ring is 1. The summed E-state index contributed by atoms with van der Waals surface area (Å²) < 4.78 is 192. The summed E-state index contributed by atoms with van der Waals surface area (Å²) >= 11 is 0.326. The third kappa shape index (κ3) is 14.6.